The second-order valence-corrected chi connectivity index (χ2v) is 9.62. The van der Waals surface area contributed by atoms with Crippen molar-refractivity contribution in [1.82, 2.24) is 14.6 Å². The number of aromatic amines is 1. The summed E-state index contributed by atoms with van der Waals surface area (Å²) in [5.41, 5.74) is 5.39. The highest BCUT2D eigenvalue weighted by atomic mass is 35.5. The number of aromatic nitrogens is 1. The van der Waals surface area contributed by atoms with Crippen LogP contribution >= 0.6 is 23.8 Å². The number of H-pyrrole nitrogens is 1. The lowest BCUT2D eigenvalue weighted by molar-refractivity contribution is 0.174. The smallest absolute Gasteiger partial charge is 0.420 e. The van der Waals surface area contributed by atoms with Gasteiger partial charge in [-0.25, -0.2) is 9.10 Å². The van der Waals surface area contributed by atoms with Gasteiger partial charge in [0.15, 0.2) is 23.7 Å². The predicted molar refractivity (Wildman–Crippen MR) is 135 cm³/mol. The molecule has 0 saturated heterocycles. The van der Waals surface area contributed by atoms with Crippen LogP contribution in [0.4, 0.5) is 4.79 Å². The number of hydrogen-bond donors (Lipinski definition) is 2. The molecule has 3 heterocycles. The second kappa shape index (κ2) is 9.37. The van der Waals surface area contributed by atoms with Gasteiger partial charge in [-0.1, -0.05) is 48.0 Å². The van der Waals surface area contributed by atoms with Gasteiger partial charge in [0.2, 0.25) is 6.79 Å². The van der Waals surface area contributed by atoms with Gasteiger partial charge in [-0.3, -0.25) is 0 Å². The first-order valence-electron chi connectivity index (χ1n) is 11.3. The Morgan fingerprint density at radius 3 is 2.91 bits per heavy atom. The fraction of sp³-hybridized carbons (Fsp3) is 0.192. The van der Waals surface area contributed by atoms with E-state index in [2.05, 4.69) is 32.8 Å². The van der Waals surface area contributed by atoms with E-state index in [0.29, 0.717) is 18.1 Å². The van der Waals surface area contributed by atoms with Gasteiger partial charge >= 0.3 is 6.09 Å². The SMILES string of the molecule is O=C(NCc1cccc(Cl)c1)OSN1CCc2c([nH]c3ccccc23)[C@H]1c1ccc2c(c1)OCO2. The number of benzene rings is 3. The van der Waals surface area contributed by atoms with Crippen molar-refractivity contribution in [3.05, 3.63) is 94.1 Å². The third-order valence-corrected chi connectivity index (χ3v) is 7.28. The van der Waals surface area contributed by atoms with Crippen molar-refractivity contribution in [1.29, 1.82) is 0 Å². The van der Waals surface area contributed by atoms with Crippen LogP contribution < -0.4 is 14.8 Å². The molecule has 2 N–H and O–H groups in total. The van der Waals surface area contributed by atoms with E-state index in [1.165, 1.54) is 10.9 Å². The average molecular weight is 508 g/mol. The molecule has 1 aromatic heterocycles. The van der Waals surface area contributed by atoms with Gasteiger partial charge in [0, 0.05) is 34.7 Å². The molecule has 4 aromatic rings. The zero-order valence-corrected chi connectivity index (χ0v) is 20.2. The summed E-state index contributed by atoms with van der Waals surface area (Å²) in [6.45, 7) is 1.26. The van der Waals surface area contributed by atoms with E-state index < -0.39 is 6.09 Å². The van der Waals surface area contributed by atoms with E-state index >= 15 is 0 Å². The lowest BCUT2D eigenvalue weighted by atomic mass is 9.94. The molecule has 35 heavy (non-hydrogen) atoms. The standard InChI is InChI=1S/C26H22ClN3O4S/c27-18-5-3-4-16(12-18)14-28-26(31)34-35-30-11-10-20-19-6-1-2-7-21(19)29-24(20)25(30)17-8-9-22-23(13-17)33-15-32-22/h1-9,12-13,25,29H,10-11,14-15H2,(H,28,31)/t25-/m1/s1. The maximum atomic E-state index is 12.5. The fourth-order valence-corrected chi connectivity index (χ4v) is 5.56. The van der Waals surface area contributed by atoms with Crippen LogP contribution in [0.5, 0.6) is 11.5 Å². The Kier molecular flexibility index (Phi) is 5.93. The molecule has 0 unspecified atom stereocenters. The number of hydrogen-bond acceptors (Lipinski definition) is 6. The van der Waals surface area contributed by atoms with Crippen molar-refractivity contribution >= 4 is 40.8 Å². The van der Waals surface area contributed by atoms with Gasteiger partial charge < -0.3 is 24.0 Å². The van der Waals surface area contributed by atoms with Gasteiger partial charge in [0.05, 0.1) is 6.04 Å². The normalized spacial score (nSPS) is 16.8. The van der Waals surface area contributed by atoms with Crippen LogP contribution in [0.1, 0.15) is 28.4 Å². The van der Waals surface area contributed by atoms with Crippen molar-refractivity contribution in [2.75, 3.05) is 13.3 Å². The number of nitrogens with one attached hydrogen (secondary N) is 2. The molecule has 0 aliphatic carbocycles. The highest BCUT2D eigenvalue weighted by Crippen LogP contribution is 2.44. The van der Waals surface area contributed by atoms with Crippen molar-refractivity contribution in [2.45, 2.75) is 19.0 Å². The number of nitrogens with zero attached hydrogens (tertiary/aromatic N) is 1. The molecule has 9 heteroatoms. The molecule has 0 radical (unpaired) electrons. The number of rotatable bonds is 5. The van der Waals surface area contributed by atoms with E-state index in [9.17, 15) is 4.79 Å². The molecule has 178 valence electrons. The van der Waals surface area contributed by atoms with Crippen LogP contribution in [-0.4, -0.2) is 28.7 Å². The van der Waals surface area contributed by atoms with Crippen molar-refractivity contribution in [3.8, 4) is 11.5 Å². The van der Waals surface area contributed by atoms with Gasteiger partial charge in [-0.2, -0.15) is 0 Å². The molecule has 2 aliphatic heterocycles. The minimum atomic E-state index is -0.512. The molecule has 3 aromatic carbocycles. The number of carbonyl (C=O) groups is 1. The summed E-state index contributed by atoms with van der Waals surface area (Å²) in [6.07, 6.45) is 0.322. The highest BCUT2D eigenvalue weighted by Gasteiger charge is 2.34. The molecule has 2 aliphatic rings. The van der Waals surface area contributed by atoms with Crippen molar-refractivity contribution < 1.29 is 18.5 Å². The average Bonchev–Trinajstić information content (AvgIpc) is 3.50. The number of para-hydroxylation sites is 1. The van der Waals surface area contributed by atoms with Crippen LogP contribution in [0.2, 0.25) is 5.02 Å². The van der Waals surface area contributed by atoms with Crippen LogP contribution in [0.15, 0.2) is 66.7 Å². The third-order valence-electron chi connectivity index (χ3n) is 6.24. The summed E-state index contributed by atoms with van der Waals surface area (Å²) in [5.74, 6) is 1.45. The summed E-state index contributed by atoms with van der Waals surface area (Å²) in [7, 11) is 0. The van der Waals surface area contributed by atoms with E-state index in [1.807, 2.05) is 42.5 Å². The Labute approximate surface area is 211 Å². The van der Waals surface area contributed by atoms with Crippen molar-refractivity contribution in [2.24, 2.45) is 0 Å². The summed E-state index contributed by atoms with van der Waals surface area (Å²) in [4.78, 5) is 16.1. The van der Waals surface area contributed by atoms with Crippen LogP contribution in [-0.2, 0) is 17.1 Å². The van der Waals surface area contributed by atoms with Gasteiger partial charge in [-0.15, -0.1) is 0 Å². The predicted octanol–water partition coefficient (Wildman–Crippen LogP) is 5.99. The molecule has 1 atom stereocenters. The summed E-state index contributed by atoms with van der Waals surface area (Å²) in [5, 5.41) is 4.63. The molecule has 7 nitrogen and oxygen atoms in total. The molecule has 0 bridgehead atoms. The Balaban J connectivity index is 1.24. The maximum absolute atomic E-state index is 12.5. The molecular formula is C26H22ClN3O4S. The molecule has 0 fully saturated rings. The van der Waals surface area contributed by atoms with E-state index in [-0.39, 0.29) is 12.8 Å². The van der Waals surface area contributed by atoms with Crippen molar-refractivity contribution in [3.63, 3.8) is 0 Å². The van der Waals surface area contributed by atoms with E-state index in [1.54, 1.807) is 6.07 Å². The Morgan fingerprint density at radius 2 is 2.00 bits per heavy atom. The Morgan fingerprint density at radius 1 is 1.11 bits per heavy atom. The number of fused-ring (bicyclic) bond motifs is 4. The molecule has 1 amide bonds. The monoisotopic (exact) mass is 507 g/mol. The largest absolute Gasteiger partial charge is 0.454 e. The first-order valence-corrected chi connectivity index (χ1v) is 12.4. The third kappa shape index (κ3) is 4.40. The first kappa shape index (κ1) is 22.2. The van der Waals surface area contributed by atoms with Gasteiger partial charge in [-0.05, 0) is 53.4 Å². The van der Waals surface area contributed by atoms with E-state index in [4.69, 9.17) is 25.3 Å². The Hall–Kier alpha value is -3.33. The fourth-order valence-electron chi connectivity index (χ4n) is 4.65. The zero-order chi connectivity index (χ0) is 23.8. The van der Waals surface area contributed by atoms with Gasteiger partial charge in [0.1, 0.15) is 0 Å². The van der Waals surface area contributed by atoms with Gasteiger partial charge in [0.25, 0.3) is 0 Å². The van der Waals surface area contributed by atoms with Crippen LogP contribution in [0, 0.1) is 0 Å². The quantitative estimate of drug-likeness (QED) is 0.255. The Bertz CT molecular complexity index is 1410. The molecule has 0 spiro atoms. The maximum Gasteiger partial charge on any atom is 0.420 e. The summed E-state index contributed by atoms with van der Waals surface area (Å²) < 4.78 is 18.8. The van der Waals surface area contributed by atoms with Crippen LogP contribution in [0.25, 0.3) is 10.9 Å². The minimum absolute atomic E-state index is 0.161. The highest BCUT2D eigenvalue weighted by molar-refractivity contribution is 7.92. The number of halogens is 1. The zero-order valence-electron chi connectivity index (χ0n) is 18.6. The first-order chi connectivity index (χ1) is 17.2. The number of ether oxygens (including phenoxy) is 2. The number of carbonyl (C=O) groups excluding carboxylic acids is 1. The summed E-state index contributed by atoms with van der Waals surface area (Å²) in [6, 6.07) is 21.5. The molecular weight excluding hydrogens is 486 g/mol. The minimum Gasteiger partial charge on any atom is -0.454 e. The molecule has 6 rings (SSSR count). The summed E-state index contributed by atoms with van der Waals surface area (Å²) >= 11 is 7.09. The molecule has 0 saturated carbocycles. The van der Waals surface area contributed by atoms with Crippen LogP contribution in [0.3, 0.4) is 0 Å². The lowest BCUT2D eigenvalue weighted by Crippen LogP contribution is -2.32. The number of amides is 1. The second-order valence-electron chi connectivity index (χ2n) is 8.40. The topological polar surface area (TPSA) is 75.8 Å². The van der Waals surface area contributed by atoms with E-state index in [0.717, 1.165) is 52.5 Å². The lowest BCUT2D eigenvalue weighted by Gasteiger charge is -2.33.